The van der Waals surface area contributed by atoms with E-state index in [-0.39, 0.29) is 24.5 Å². The summed E-state index contributed by atoms with van der Waals surface area (Å²) in [6, 6.07) is 17.0. The Bertz CT molecular complexity index is 1300. The summed E-state index contributed by atoms with van der Waals surface area (Å²) in [4.78, 5) is 32.1. The van der Waals surface area contributed by atoms with Gasteiger partial charge in [-0.2, -0.15) is 0 Å². The third-order valence-corrected chi connectivity index (χ3v) is 7.34. The first-order chi connectivity index (χ1) is 19.5. The number of anilines is 1. The maximum absolute atomic E-state index is 13.4. The van der Waals surface area contributed by atoms with Crippen LogP contribution in [0.3, 0.4) is 0 Å². The monoisotopic (exact) mass is 547 g/mol. The van der Waals surface area contributed by atoms with Gasteiger partial charge in [0.15, 0.2) is 5.82 Å². The highest BCUT2D eigenvalue weighted by Gasteiger charge is 2.28. The van der Waals surface area contributed by atoms with Crippen LogP contribution < -0.4 is 9.64 Å². The van der Waals surface area contributed by atoms with E-state index in [4.69, 9.17) is 9.47 Å². The van der Waals surface area contributed by atoms with Gasteiger partial charge < -0.3 is 24.2 Å². The molecule has 2 fully saturated rings. The Labute approximate surface area is 233 Å². The third-order valence-electron chi connectivity index (χ3n) is 7.34. The van der Waals surface area contributed by atoms with Gasteiger partial charge in [-0.15, -0.1) is 10.2 Å². The molecule has 0 aliphatic carbocycles. The fraction of sp³-hybridized carbons (Fsp3) is 0.400. The van der Waals surface area contributed by atoms with Gasteiger partial charge in [-0.05, 0) is 67.8 Å². The zero-order valence-corrected chi connectivity index (χ0v) is 22.7. The second kappa shape index (κ2) is 12.9. The fourth-order valence-corrected chi connectivity index (χ4v) is 5.12. The molecule has 9 nitrogen and oxygen atoms in total. The second-order valence-corrected chi connectivity index (χ2v) is 10.1. The summed E-state index contributed by atoms with van der Waals surface area (Å²) in [6.07, 6.45) is 2.44. The predicted molar refractivity (Wildman–Crippen MR) is 149 cm³/mol. The van der Waals surface area contributed by atoms with Crippen molar-refractivity contribution in [1.29, 1.82) is 0 Å². The van der Waals surface area contributed by atoms with Gasteiger partial charge in [-0.1, -0.05) is 12.1 Å². The van der Waals surface area contributed by atoms with Crippen molar-refractivity contribution in [3.05, 3.63) is 72.0 Å². The lowest BCUT2D eigenvalue weighted by molar-refractivity contribution is -0.132. The van der Waals surface area contributed by atoms with E-state index >= 15 is 0 Å². The predicted octanol–water partition coefficient (Wildman–Crippen LogP) is 3.65. The van der Waals surface area contributed by atoms with E-state index < -0.39 is 5.82 Å². The Morgan fingerprint density at radius 2 is 1.88 bits per heavy atom. The molecule has 0 radical (unpaired) electrons. The summed E-state index contributed by atoms with van der Waals surface area (Å²) in [6.45, 7) is 3.38. The Balaban J connectivity index is 1.22. The van der Waals surface area contributed by atoms with Crippen molar-refractivity contribution in [1.82, 2.24) is 20.0 Å². The number of aromatic nitrogens is 2. The fourth-order valence-electron chi connectivity index (χ4n) is 5.12. The lowest BCUT2D eigenvalue weighted by Gasteiger charge is -2.28. The minimum absolute atomic E-state index is 0.0505. The zero-order chi connectivity index (χ0) is 27.9. The summed E-state index contributed by atoms with van der Waals surface area (Å²) in [7, 11) is 1.63. The van der Waals surface area contributed by atoms with Crippen LogP contribution >= 0.6 is 0 Å². The van der Waals surface area contributed by atoms with E-state index in [1.165, 1.54) is 29.2 Å². The second-order valence-electron chi connectivity index (χ2n) is 10.1. The van der Waals surface area contributed by atoms with Crippen molar-refractivity contribution in [3.63, 3.8) is 0 Å². The minimum Gasteiger partial charge on any atom is -0.497 e. The van der Waals surface area contributed by atoms with Gasteiger partial charge >= 0.3 is 0 Å². The lowest BCUT2D eigenvalue weighted by atomic mass is 10.1. The van der Waals surface area contributed by atoms with Gasteiger partial charge in [0.2, 0.25) is 5.91 Å². The van der Waals surface area contributed by atoms with Crippen molar-refractivity contribution < 1.29 is 23.5 Å². The highest BCUT2D eigenvalue weighted by molar-refractivity contribution is 5.96. The standard InChI is InChI=1S/C30H34FN5O4/c1-39-25-6-2-5-23(19-25)27-12-13-28(33-32-27)34-14-4-15-35(17-16-34)29(37)21-36(20-26-7-3-18-40-26)30(38)22-8-10-24(31)11-9-22/h2,5-6,8-13,19,26H,3-4,7,14-18,20-21H2,1H3/t26-/m1/s1. The topological polar surface area (TPSA) is 88.1 Å². The van der Waals surface area contributed by atoms with Crippen LogP contribution in [0.1, 0.15) is 29.6 Å². The molecular weight excluding hydrogens is 513 g/mol. The third kappa shape index (κ3) is 6.74. The molecule has 1 aromatic heterocycles. The van der Waals surface area contributed by atoms with Crippen LogP contribution in [0.5, 0.6) is 5.75 Å². The molecule has 2 aliphatic rings. The molecule has 0 bridgehead atoms. The van der Waals surface area contributed by atoms with Crippen LogP contribution in [0.25, 0.3) is 11.3 Å². The Kier molecular flexibility index (Phi) is 8.85. The lowest BCUT2D eigenvalue weighted by Crippen LogP contribution is -2.46. The number of hydrogen-bond donors (Lipinski definition) is 0. The Hall–Kier alpha value is -4.05. The molecule has 3 heterocycles. The van der Waals surface area contributed by atoms with E-state index in [9.17, 15) is 14.0 Å². The first-order valence-electron chi connectivity index (χ1n) is 13.7. The molecule has 2 saturated heterocycles. The van der Waals surface area contributed by atoms with Gasteiger partial charge in [0, 0.05) is 50.5 Å². The van der Waals surface area contributed by atoms with E-state index in [1.807, 2.05) is 36.4 Å². The van der Waals surface area contributed by atoms with Gasteiger partial charge in [-0.25, -0.2) is 4.39 Å². The number of amides is 2. The van der Waals surface area contributed by atoms with Crippen LogP contribution in [0.2, 0.25) is 0 Å². The molecular formula is C30H34FN5O4. The van der Waals surface area contributed by atoms with E-state index in [1.54, 1.807) is 12.0 Å². The van der Waals surface area contributed by atoms with Crippen molar-refractivity contribution in [3.8, 4) is 17.0 Å². The van der Waals surface area contributed by atoms with Crippen LogP contribution in [0.4, 0.5) is 10.2 Å². The van der Waals surface area contributed by atoms with Crippen LogP contribution in [0.15, 0.2) is 60.7 Å². The van der Waals surface area contributed by atoms with Crippen molar-refractivity contribution in [2.24, 2.45) is 0 Å². The number of methoxy groups -OCH3 is 1. The van der Waals surface area contributed by atoms with Crippen molar-refractivity contribution >= 4 is 17.6 Å². The summed E-state index contributed by atoms with van der Waals surface area (Å²) in [5, 5.41) is 8.87. The summed E-state index contributed by atoms with van der Waals surface area (Å²) in [5.74, 6) is 0.690. The molecule has 2 aliphatic heterocycles. The molecule has 40 heavy (non-hydrogen) atoms. The summed E-state index contributed by atoms with van der Waals surface area (Å²) in [5.41, 5.74) is 2.03. The number of halogens is 1. The molecule has 0 N–H and O–H groups in total. The molecule has 0 unspecified atom stereocenters. The highest BCUT2D eigenvalue weighted by Crippen LogP contribution is 2.23. The average Bonchev–Trinajstić information content (AvgIpc) is 3.38. The molecule has 5 rings (SSSR count). The molecule has 1 atom stereocenters. The summed E-state index contributed by atoms with van der Waals surface area (Å²) < 4.78 is 24.5. The molecule has 2 aromatic carbocycles. The first-order valence-corrected chi connectivity index (χ1v) is 13.7. The zero-order valence-electron chi connectivity index (χ0n) is 22.7. The molecule has 3 aromatic rings. The number of benzene rings is 2. The van der Waals surface area contributed by atoms with E-state index in [2.05, 4.69) is 15.1 Å². The van der Waals surface area contributed by atoms with Gasteiger partial charge in [0.1, 0.15) is 18.1 Å². The molecule has 10 heteroatoms. The number of carbonyl (C=O) groups excluding carboxylic acids is 2. The van der Waals surface area contributed by atoms with Crippen molar-refractivity contribution in [2.45, 2.75) is 25.4 Å². The quantitative estimate of drug-likeness (QED) is 0.425. The van der Waals surface area contributed by atoms with Crippen LogP contribution in [-0.2, 0) is 9.53 Å². The number of hydrogen-bond acceptors (Lipinski definition) is 7. The number of nitrogens with zero attached hydrogens (tertiary/aromatic N) is 5. The number of carbonyl (C=O) groups is 2. The van der Waals surface area contributed by atoms with Crippen LogP contribution in [-0.4, -0.2) is 90.9 Å². The maximum Gasteiger partial charge on any atom is 0.254 e. The van der Waals surface area contributed by atoms with Crippen molar-refractivity contribution in [2.75, 3.05) is 57.9 Å². The molecule has 2 amide bonds. The number of rotatable bonds is 8. The normalized spacial score (nSPS) is 17.4. The summed E-state index contributed by atoms with van der Waals surface area (Å²) >= 11 is 0. The van der Waals surface area contributed by atoms with Gasteiger partial charge in [0.25, 0.3) is 5.91 Å². The van der Waals surface area contributed by atoms with E-state index in [0.717, 1.165) is 48.6 Å². The Morgan fingerprint density at radius 3 is 2.60 bits per heavy atom. The SMILES string of the molecule is COc1cccc(-c2ccc(N3CCCN(C(=O)CN(C[C@H]4CCCO4)C(=O)c4ccc(F)cc4)CC3)nn2)c1. The molecule has 0 saturated carbocycles. The number of ether oxygens (including phenoxy) is 2. The molecule has 0 spiro atoms. The van der Waals surface area contributed by atoms with E-state index in [0.29, 0.717) is 38.3 Å². The first kappa shape index (κ1) is 27.5. The average molecular weight is 548 g/mol. The molecule has 210 valence electrons. The van der Waals surface area contributed by atoms with Gasteiger partial charge in [-0.3, -0.25) is 9.59 Å². The van der Waals surface area contributed by atoms with Gasteiger partial charge in [0.05, 0.1) is 18.9 Å². The highest BCUT2D eigenvalue weighted by atomic mass is 19.1. The largest absolute Gasteiger partial charge is 0.497 e. The van der Waals surface area contributed by atoms with Crippen LogP contribution in [0, 0.1) is 5.82 Å². The minimum atomic E-state index is -0.410. The Morgan fingerprint density at radius 1 is 1.02 bits per heavy atom. The smallest absolute Gasteiger partial charge is 0.254 e. The maximum atomic E-state index is 13.4.